The molecule has 0 aromatic heterocycles. The molecule has 0 saturated carbocycles. The summed E-state index contributed by atoms with van der Waals surface area (Å²) in [4.78, 5) is 51.5. The molecule has 1 aromatic rings. The van der Waals surface area contributed by atoms with Crippen molar-refractivity contribution in [2.75, 3.05) is 13.1 Å². The van der Waals surface area contributed by atoms with Gasteiger partial charge in [-0.05, 0) is 12.5 Å². The number of benzene rings is 1. The third-order valence-corrected chi connectivity index (χ3v) is 5.42. The van der Waals surface area contributed by atoms with Gasteiger partial charge in [-0.2, -0.15) is 0 Å². The second kappa shape index (κ2) is 7.32. The fourth-order valence-corrected chi connectivity index (χ4v) is 4.02. The predicted molar refractivity (Wildman–Crippen MR) is 99.1 cm³/mol. The zero-order valence-electron chi connectivity index (χ0n) is 15.8. The SMILES string of the molecule is C[C@@H](NC(=O)N1C(=O)C23CNCC(C2)C1OC(=O)/C=C/C(=O)O3)c1ccccc1. The molecule has 3 aliphatic rings. The van der Waals surface area contributed by atoms with E-state index in [0.717, 1.165) is 22.6 Å². The first kappa shape index (κ1) is 19.1. The van der Waals surface area contributed by atoms with Gasteiger partial charge in [0.1, 0.15) is 0 Å². The van der Waals surface area contributed by atoms with E-state index in [1.54, 1.807) is 6.92 Å². The number of carbonyl (C=O) groups is 4. The van der Waals surface area contributed by atoms with E-state index in [0.29, 0.717) is 6.54 Å². The van der Waals surface area contributed by atoms with Crippen LogP contribution < -0.4 is 10.6 Å². The molecule has 0 spiro atoms. The quantitative estimate of drug-likeness (QED) is 0.701. The minimum Gasteiger partial charge on any atom is -0.444 e. The molecular formula is C20H21N3O6. The van der Waals surface area contributed by atoms with Crippen LogP contribution in [0.3, 0.4) is 0 Å². The second-order valence-corrected chi connectivity index (χ2v) is 7.43. The van der Waals surface area contributed by atoms with Crippen molar-refractivity contribution >= 4 is 23.9 Å². The highest BCUT2D eigenvalue weighted by molar-refractivity contribution is 6.03. The fourth-order valence-electron chi connectivity index (χ4n) is 4.02. The molecule has 2 fully saturated rings. The minimum absolute atomic E-state index is 0.0839. The van der Waals surface area contributed by atoms with Crippen LogP contribution in [0.2, 0.25) is 0 Å². The number of esters is 2. The van der Waals surface area contributed by atoms with Gasteiger partial charge in [0.25, 0.3) is 5.91 Å². The zero-order valence-corrected chi connectivity index (χ0v) is 15.8. The van der Waals surface area contributed by atoms with Gasteiger partial charge in [0, 0.05) is 37.6 Å². The van der Waals surface area contributed by atoms with E-state index in [1.807, 2.05) is 30.3 Å². The summed E-state index contributed by atoms with van der Waals surface area (Å²) in [6.07, 6.45) is 0.946. The van der Waals surface area contributed by atoms with Crippen LogP contribution in [-0.2, 0) is 23.9 Å². The molecule has 2 N–H and O–H groups in total. The number of imide groups is 1. The number of hydrogen-bond acceptors (Lipinski definition) is 7. The highest BCUT2D eigenvalue weighted by Gasteiger charge is 2.59. The molecule has 4 rings (SSSR count). The van der Waals surface area contributed by atoms with E-state index >= 15 is 0 Å². The molecule has 1 aromatic carbocycles. The number of carbonyl (C=O) groups excluding carboxylic acids is 4. The Hall–Kier alpha value is -3.20. The van der Waals surface area contributed by atoms with E-state index in [1.165, 1.54) is 0 Å². The Labute approximate surface area is 167 Å². The van der Waals surface area contributed by atoms with E-state index < -0.39 is 41.6 Å². The number of amides is 3. The number of nitrogens with zero attached hydrogens (tertiary/aromatic N) is 1. The first-order valence-corrected chi connectivity index (χ1v) is 9.41. The number of likely N-dealkylation sites (tertiary alicyclic amines) is 1. The van der Waals surface area contributed by atoms with Crippen molar-refractivity contribution in [1.82, 2.24) is 15.5 Å². The van der Waals surface area contributed by atoms with Gasteiger partial charge in [-0.15, -0.1) is 0 Å². The maximum atomic E-state index is 13.3. The summed E-state index contributed by atoms with van der Waals surface area (Å²) in [6, 6.07) is 8.16. The lowest BCUT2D eigenvalue weighted by atomic mass is 9.79. The molecule has 3 heterocycles. The van der Waals surface area contributed by atoms with Gasteiger partial charge < -0.3 is 20.1 Å². The third-order valence-electron chi connectivity index (χ3n) is 5.42. The van der Waals surface area contributed by atoms with Crippen molar-refractivity contribution < 1.29 is 28.7 Å². The van der Waals surface area contributed by atoms with Crippen molar-refractivity contribution in [3.8, 4) is 0 Å². The fraction of sp³-hybridized carbons (Fsp3) is 0.400. The number of nitrogens with one attached hydrogen (secondary N) is 2. The van der Waals surface area contributed by atoms with Crippen LogP contribution in [0.1, 0.15) is 24.9 Å². The van der Waals surface area contributed by atoms with Crippen LogP contribution in [-0.4, -0.2) is 53.7 Å². The van der Waals surface area contributed by atoms with Crippen molar-refractivity contribution in [2.24, 2.45) is 5.92 Å². The molecule has 3 aliphatic heterocycles. The van der Waals surface area contributed by atoms with Gasteiger partial charge in [0.2, 0.25) is 5.60 Å². The van der Waals surface area contributed by atoms with Gasteiger partial charge in [0.05, 0.1) is 6.04 Å². The van der Waals surface area contributed by atoms with E-state index in [-0.39, 0.29) is 19.0 Å². The molecule has 3 unspecified atom stereocenters. The standard InChI is InChI=1S/C20H21N3O6/c1-12(13-5-3-2-4-6-13)22-19(27)23-17-14-9-20(18(23)26,11-21-10-14)29-16(25)8-7-15(24)28-17/h2-8,12,14,17,21H,9-11H2,1H3,(H,22,27)/b8-7+/t12-,14?,17?,20?/m1/s1. The molecule has 152 valence electrons. The number of piperidine rings is 2. The number of urea groups is 1. The van der Waals surface area contributed by atoms with E-state index in [2.05, 4.69) is 10.6 Å². The maximum Gasteiger partial charge on any atom is 0.332 e. The highest BCUT2D eigenvalue weighted by atomic mass is 16.6. The Balaban J connectivity index is 1.67. The zero-order chi connectivity index (χ0) is 20.6. The normalized spacial score (nSPS) is 30.8. The molecule has 3 bridgehead atoms. The Kier molecular flexibility index (Phi) is 4.83. The Morgan fingerprint density at radius 1 is 1.21 bits per heavy atom. The van der Waals surface area contributed by atoms with Crippen LogP contribution in [0.15, 0.2) is 42.5 Å². The van der Waals surface area contributed by atoms with Crippen LogP contribution in [0, 0.1) is 5.92 Å². The first-order chi connectivity index (χ1) is 13.9. The van der Waals surface area contributed by atoms with Crippen molar-refractivity contribution in [1.29, 1.82) is 0 Å². The van der Waals surface area contributed by atoms with Crippen molar-refractivity contribution in [2.45, 2.75) is 31.2 Å². The van der Waals surface area contributed by atoms with Crippen molar-refractivity contribution in [3.05, 3.63) is 48.0 Å². The highest BCUT2D eigenvalue weighted by Crippen LogP contribution is 2.38. The smallest absolute Gasteiger partial charge is 0.332 e. The van der Waals surface area contributed by atoms with Gasteiger partial charge in [-0.25, -0.2) is 19.3 Å². The summed E-state index contributed by atoms with van der Waals surface area (Å²) >= 11 is 0. The van der Waals surface area contributed by atoms with Crippen LogP contribution in [0.5, 0.6) is 0 Å². The molecule has 29 heavy (non-hydrogen) atoms. The summed E-state index contributed by atoms with van der Waals surface area (Å²) < 4.78 is 10.8. The van der Waals surface area contributed by atoms with Gasteiger partial charge in [-0.1, -0.05) is 30.3 Å². The van der Waals surface area contributed by atoms with Crippen LogP contribution in [0.25, 0.3) is 0 Å². The lowest BCUT2D eigenvalue weighted by molar-refractivity contribution is -0.202. The lowest BCUT2D eigenvalue weighted by Crippen LogP contribution is -2.72. The summed E-state index contributed by atoms with van der Waals surface area (Å²) in [5, 5.41) is 5.82. The minimum atomic E-state index is -1.52. The lowest BCUT2D eigenvalue weighted by Gasteiger charge is -2.50. The molecule has 2 saturated heterocycles. The molecule has 0 aliphatic carbocycles. The largest absolute Gasteiger partial charge is 0.444 e. The number of ether oxygens (including phenoxy) is 2. The second-order valence-electron chi connectivity index (χ2n) is 7.43. The Bertz CT molecular complexity index is 885. The molecule has 3 amide bonds. The topological polar surface area (TPSA) is 114 Å². The van der Waals surface area contributed by atoms with E-state index in [4.69, 9.17) is 9.47 Å². The molecule has 4 atom stereocenters. The molecule has 0 radical (unpaired) electrons. The van der Waals surface area contributed by atoms with Gasteiger partial charge in [-0.3, -0.25) is 4.79 Å². The predicted octanol–water partition coefficient (Wildman–Crippen LogP) is 0.630. The van der Waals surface area contributed by atoms with Crippen LogP contribution >= 0.6 is 0 Å². The molecular weight excluding hydrogens is 378 g/mol. The van der Waals surface area contributed by atoms with E-state index in [9.17, 15) is 19.2 Å². The van der Waals surface area contributed by atoms with Gasteiger partial charge in [0.15, 0.2) is 6.23 Å². The third kappa shape index (κ3) is 3.49. The Morgan fingerprint density at radius 2 is 1.93 bits per heavy atom. The van der Waals surface area contributed by atoms with Gasteiger partial charge >= 0.3 is 18.0 Å². The first-order valence-electron chi connectivity index (χ1n) is 9.41. The monoisotopic (exact) mass is 399 g/mol. The summed E-state index contributed by atoms with van der Waals surface area (Å²) in [7, 11) is 0. The molecule has 9 nitrogen and oxygen atoms in total. The summed E-state index contributed by atoms with van der Waals surface area (Å²) in [5.41, 5.74) is -0.663. The number of rotatable bonds is 2. The maximum absolute atomic E-state index is 13.3. The average molecular weight is 399 g/mol. The van der Waals surface area contributed by atoms with Crippen molar-refractivity contribution in [3.63, 3.8) is 0 Å². The summed E-state index contributed by atoms with van der Waals surface area (Å²) in [5.74, 6) is -2.77. The average Bonchev–Trinajstić information content (AvgIpc) is 2.71. The molecule has 9 heteroatoms. The van der Waals surface area contributed by atoms with Crippen LogP contribution in [0.4, 0.5) is 4.79 Å². The Morgan fingerprint density at radius 3 is 2.69 bits per heavy atom. The number of hydrogen-bond donors (Lipinski definition) is 2. The summed E-state index contributed by atoms with van der Waals surface area (Å²) in [6.45, 7) is 2.28.